The van der Waals surface area contributed by atoms with Crippen LogP contribution in [0.3, 0.4) is 0 Å². The molecule has 0 bridgehead atoms. The highest BCUT2D eigenvalue weighted by atomic mass is 16.5. The lowest BCUT2D eigenvalue weighted by Gasteiger charge is -2.20. The normalized spacial score (nSPS) is 16.4. The van der Waals surface area contributed by atoms with E-state index in [0.717, 1.165) is 18.6 Å². The second-order valence-electron chi connectivity index (χ2n) is 6.13. The van der Waals surface area contributed by atoms with Crippen molar-refractivity contribution in [3.05, 3.63) is 29.8 Å². The minimum absolute atomic E-state index is 0.300. The van der Waals surface area contributed by atoms with Gasteiger partial charge in [-0.05, 0) is 36.5 Å². The maximum absolute atomic E-state index is 12.1. The van der Waals surface area contributed by atoms with Crippen molar-refractivity contribution < 1.29 is 9.53 Å². The van der Waals surface area contributed by atoms with Crippen molar-refractivity contribution in [1.29, 1.82) is 0 Å². The number of benzene rings is 1. The molecule has 0 heterocycles. The summed E-state index contributed by atoms with van der Waals surface area (Å²) in [6.45, 7) is 4.86. The minimum atomic E-state index is 0.300. The topological polar surface area (TPSA) is 26.3 Å². The lowest BCUT2D eigenvalue weighted by atomic mass is 9.85. The summed E-state index contributed by atoms with van der Waals surface area (Å²) in [5.74, 6) is 2.08. The van der Waals surface area contributed by atoms with Gasteiger partial charge in [-0.25, -0.2) is 0 Å². The Balaban J connectivity index is 1.77. The predicted octanol–water partition coefficient (Wildman–Crippen LogP) is 4.73. The third-order valence-corrected chi connectivity index (χ3v) is 4.20. The number of carbonyl (C=O) groups is 1. The first kappa shape index (κ1) is 15.1. The molecule has 2 heteroatoms. The lowest BCUT2D eigenvalue weighted by molar-refractivity contribution is -0.124. The minimum Gasteiger partial charge on any atom is -0.493 e. The molecule has 1 saturated carbocycles. The van der Waals surface area contributed by atoms with Crippen LogP contribution in [0, 0.1) is 5.92 Å². The molecule has 2 rings (SSSR count). The Morgan fingerprint density at radius 1 is 1.25 bits per heavy atom. The van der Waals surface area contributed by atoms with Crippen molar-refractivity contribution >= 4 is 5.78 Å². The van der Waals surface area contributed by atoms with E-state index < -0.39 is 0 Å². The van der Waals surface area contributed by atoms with Crippen LogP contribution in [-0.2, 0) is 4.79 Å². The van der Waals surface area contributed by atoms with Gasteiger partial charge in [0.2, 0.25) is 0 Å². The van der Waals surface area contributed by atoms with Gasteiger partial charge < -0.3 is 4.74 Å². The van der Waals surface area contributed by atoms with Gasteiger partial charge in [0.15, 0.2) is 0 Å². The van der Waals surface area contributed by atoms with Crippen molar-refractivity contribution in [1.82, 2.24) is 0 Å². The van der Waals surface area contributed by atoms with Gasteiger partial charge in [0.05, 0.1) is 6.61 Å². The zero-order valence-corrected chi connectivity index (χ0v) is 12.7. The molecule has 1 aliphatic carbocycles. The van der Waals surface area contributed by atoms with E-state index in [4.69, 9.17) is 4.74 Å². The van der Waals surface area contributed by atoms with Gasteiger partial charge >= 0.3 is 0 Å². The highest BCUT2D eigenvalue weighted by Gasteiger charge is 2.20. The fraction of sp³-hybridized carbons (Fsp3) is 0.611. The number of ketones is 1. The van der Waals surface area contributed by atoms with Crippen molar-refractivity contribution in [3.8, 4) is 5.75 Å². The first-order valence-electron chi connectivity index (χ1n) is 7.92. The largest absolute Gasteiger partial charge is 0.493 e. The van der Waals surface area contributed by atoms with E-state index in [1.54, 1.807) is 0 Å². The summed E-state index contributed by atoms with van der Waals surface area (Å²) in [5, 5.41) is 0. The van der Waals surface area contributed by atoms with Crippen LogP contribution in [-0.4, -0.2) is 12.4 Å². The summed E-state index contributed by atoms with van der Waals surface area (Å²) < 4.78 is 5.74. The van der Waals surface area contributed by atoms with Gasteiger partial charge in [0.25, 0.3) is 0 Å². The molecule has 0 radical (unpaired) electrons. The van der Waals surface area contributed by atoms with E-state index in [1.807, 2.05) is 12.1 Å². The Labute approximate surface area is 122 Å². The molecular formula is C18H26O2. The molecule has 110 valence electrons. The van der Waals surface area contributed by atoms with Crippen LogP contribution in [0.2, 0.25) is 0 Å². The van der Waals surface area contributed by atoms with Gasteiger partial charge in [-0.3, -0.25) is 4.79 Å². The quantitative estimate of drug-likeness (QED) is 0.749. The van der Waals surface area contributed by atoms with Crippen LogP contribution in [0.15, 0.2) is 24.3 Å². The first-order valence-corrected chi connectivity index (χ1v) is 7.92. The molecule has 0 spiro atoms. The molecule has 0 aromatic heterocycles. The summed E-state index contributed by atoms with van der Waals surface area (Å²) in [7, 11) is 0. The number of Topliss-reactive ketones (excluding diaryl/α,β-unsaturated/α-hetero) is 1. The maximum atomic E-state index is 12.1. The Kier molecular flexibility index (Phi) is 5.63. The standard InChI is InChI=1S/C18H26O2/c1-14(2)16-9-6-10-17(13-16)20-12-11-18(19)15-7-4-3-5-8-15/h6,9-10,13-15H,3-5,7-8,11-12H2,1-2H3. The van der Waals surface area contributed by atoms with E-state index in [0.29, 0.717) is 30.6 Å². The third-order valence-electron chi connectivity index (χ3n) is 4.20. The van der Waals surface area contributed by atoms with Crippen LogP contribution >= 0.6 is 0 Å². The van der Waals surface area contributed by atoms with Gasteiger partial charge in [-0.15, -0.1) is 0 Å². The van der Waals surface area contributed by atoms with Crippen LogP contribution in [0.4, 0.5) is 0 Å². The average molecular weight is 274 g/mol. The van der Waals surface area contributed by atoms with Crippen molar-refractivity contribution in [2.45, 2.75) is 58.3 Å². The predicted molar refractivity (Wildman–Crippen MR) is 82.2 cm³/mol. The molecule has 0 atom stereocenters. The van der Waals surface area contributed by atoms with Crippen molar-refractivity contribution in [2.75, 3.05) is 6.61 Å². The zero-order valence-electron chi connectivity index (χ0n) is 12.7. The Morgan fingerprint density at radius 2 is 2.00 bits per heavy atom. The monoisotopic (exact) mass is 274 g/mol. The fourth-order valence-electron chi connectivity index (χ4n) is 2.86. The molecule has 1 aliphatic rings. The van der Waals surface area contributed by atoms with Crippen LogP contribution < -0.4 is 4.74 Å². The molecule has 0 N–H and O–H groups in total. The van der Waals surface area contributed by atoms with Gasteiger partial charge in [0, 0.05) is 12.3 Å². The first-order chi connectivity index (χ1) is 9.66. The summed E-state index contributed by atoms with van der Waals surface area (Å²) in [6, 6.07) is 8.19. The summed E-state index contributed by atoms with van der Waals surface area (Å²) in [6.07, 6.45) is 6.45. The molecule has 1 aromatic rings. The van der Waals surface area contributed by atoms with Crippen LogP contribution in [0.1, 0.15) is 63.9 Å². The average Bonchev–Trinajstić information content (AvgIpc) is 2.48. The van der Waals surface area contributed by atoms with Crippen LogP contribution in [0.5, 0.6) is 5.75 Å². The molecule has 0 unspecified atom stereocenters. The highest BCUT2D eigenvalue weighted by Crippen LogP contribution is 2.25. The maximum Gasteiger partial charge on any atom is 0.139 e. The van der Waals surface area contributed by atoms with Gasteiger partial charge in [-0.2, -0.15) is 0 Å². The molecule has 0 amide bonds. The highest BCUT2D eigenvalue weighted by molar-refractivity contribution is 5.81. The summed E-state index contributed by atoms with van der Waals surface area (Å²) in [5.41, 5.74) is 1.28. The number of ether oxygens (including phenoxy) is 1. The Bertz CT molecular complexity index is 431. The number of hydrogen-bond donors (Lipinski definition) is 0. The Morgan fingerprint density at radius 3 is 2.70 bits per heavy atom. The number of hydrogen-bond acceptors (Lipinski definition) is 2. The smallest absolute Gasteiger partial charge is 0.139 e. The molecular weight excluding hydrogens is 248 g/mol. The summed E-state index contributed by atoms with van der Waals surface area (Å²) in [4.78, 5) is 12.1. The van der Waals surface area contributed by atoms with Gasteiger partial charge in [0.1, 0.15) is 11.5 Å². The Hall–Kier alpha value is -1.31. The van der Waals surface area contributed by atoms with E-state index in [1.165, 1.54) is 24.8 Å². The number of carbonyl (C=O) groups excluding carboxylic acids is 1. The molecule has 0 saturated heterocycles. The van der Waals surface area contributed by atoms with E-state index in [2.05, 4.69) is 26.0 Å². The zero-order chi connectivity index (χ0) is 14.4. The molecule has 0 aliphatic heterocycles. The van der Waals surface area contributed by atoms with Crippen molar-refractivity contribution in [3.63, 3.8) is 0 Å². The lowest BCUT2D eigenvalue weighted by Crippen LogP contribution is -2.19. The van der Waals surface area contributed by atoms with Gasteiger partial charge in [-0.1, -0.05) is 45.2 Å². The molecule has 1 fully saturated rings. The van der Waals surface area contributed by atoms with Crippen LogP contribution in [0.25, 0.3) is 0 Å². The second kappa shape index (κ2) is 7.47. The van der Waals surface area contributed by atoms with E-state index in [9.17, 15) is 4.79 Å². The van der Waals surface area contributed by atoms with Crippen molar-refractivity contribution in [2.24, 2.45) is 5.92 Å². The molecule has 2 nitrogen and oxygen atoms in total. The van der Waals surface area contributed by atoms with E-state index >= 15 is 0 Å². The van der Waals surface area contributed by atoms with E-state index in [-0.39, 0.29) is 0 Å². The molecule has 1 aromatic carbocycles. The number of rotatable bonds is 6. The second-order valence-corrected chi connectivity index (χ2v) is 6.13. The SMILES string of the molecule is CC(C)c1cccc(OCCC(=O)C2CCCCC2)c1. The summed E-state index contributed by atoms with van der Waals surface area (Å²) >= 11 is 0. The fourth-order valence-corrected chi connectivity index (χ4v) is 2.86. The molecule has 20 heavy (non-hydrogen) atoms. The third kappa shape index (κ3) is 4.36.